The zero-order valence-corrected chi connectivity index (χ0v) is 16.3. The van der Waals surface area contributed by atoms with E-state index in [2.05, 4.69) is 46.8 Å². The third kappa shape index (κ3) is 6.47. The minimum Gasteiger partial charge on any atom is -0.331 e. The number of aryl methyl sites for hydroxylation is 2. The summed E-state index contributed by atoms with van der Waals surface area (Å²) in [7, 11) is 0. The lowest BCUT2D eigenvalue weighted by atomic mass is 10.1. The topological polar surface area (TPSA) is 52.7 Å². The standard InChI is InChI=1S/C21H30N4O/c1-17(2)9-13-24-15-11-22-20(24)7-5-19(26)6-8-21-23-12-16-25(21)14-10-18(3)4/h5-8,11-12,15-18H,9-10,13-14H2,1-4H3/b7-5+,8-6+. The third-order valence-electron chi connectivity index (χ3n) is 4.18. The van der Waals surface area contributed by atoms with Crippen molar-refractivity contribution in [2.75, 3.05) is 0 Å². The molecule has 0 amide bonds. The average molecular weight is 354 g/mol. The van der Waals surface area contributed by atoms with Gasteiger partial charge in [-0.3, -0.25) is 4.79 Å². The highest BCUT2D eigenvalue weighted by molar-refractivity contribution is 6.04. The fraction of sp³-hybridized carbons (Fsp3) is 0.476. The number of ketones is 1. The maximum absolute atomic E-state index is 12.1. The van der Waals surface area contributed by atoms with E-state index in [1.807, 2.05) is 12.4 Å². The lowest BCUT2D eigenvalue weighted by Gasteiger charge is -2.07. The van der Waals surface area contributed by atoms with Crippen LogP contribution in [0.15, 0.2) is 36.9 Å². The molecule has 2 heterocycles. The second-order valence-corrected chi connectivity index (χ2v) is 7.39. The molecule has 0 aliphatic rings. The minimum absolute atomic E-state index is 0.0678. The molecule has 140 valence electrons. The molecule has 5 heteroatoms. The molecule has 0 bridgehead atoms. The predicted octanol–water partition coefficient (Wildman–Crippen LogP) is 4.47. The molecule has 2 aromatic heterocycles. The van der Waals surface area contributed by atoms with Crippen molar-refractivity contribution in [3.05, 3.63) is 48.6 Å². The average Bonchev–Trinajstić information content (AvgIpc) is 3.23. The van der Waals surface area contributed by atoms with E-state index in [0.717, 1.165) is 37.6 Å². The fourth-order valence-electron chi connectivity index (χ4n) is 2.50. The van der Waals surface area contributed by atoms with E-state index in [4.69, 9.17) is 0 Å². The summed E-state index contributed by atoms with van der Waals surface area (Å²) in [6, 6.07) is 0. The summed E-state index contributed by atoms with van der Waals surface area (Å²) in [6.07, 6.45) is 16.3. The molecule has 5 nitrogen and oxygen atoms in total. The van der Waals surface area contributed by atoms with Crippen molar-refractivity contribution in [1.82, 2.24) is 19.1 Å². The van der Waals surface area contributed by atoms with Gasteiger partial charge in [0, 0.05) is 37.9 Å². The first-order valence-corrected chi connectivity index (χ1v) is 9.38. The number of hydrogen-bond donors (Lipinski definition) is 0. The van der Waals surface area contributed by atoms with Crippen molar-refractivity contribution in [2.45, 2.75) is 53.6 Å². The smallest absolute Gasteiger partial charge is 0.178 e. The Morgan fingerprint density at radius 1 is 0.885 bits per heavy atom. The van der Waals surface area contributed by atoms with Crippen molar-refractivity contribution in [3.63, 3.8) is 0 Å². The molecule has 0 radical (unpaired) electrons. The molecule has 0 spiro atoms. The second kappa shape index (κ2) is 9.90. The van der Waals surface area contributed by atoms with Gasteiger partial charge in [-0.25, -0.2) is 9.97 Å². The Labute approximate surface area is 156 Å². The summed E-state index contributed by atoms with van der Waals surface area (Å²) < 4.78 is 4.15. The molecule has 0 saturated carbocycles. The minimum atomic E-state index is -0.0678. The first kappa shape index (κ1) is 19.9. The quantitative estimate of drug-likeness (QED) is 0.592. The highest BCUT2D eigenvalue weighted by Gasteiger charge is 2.03. The number of nitrogens with zero attached hydrogens (tertiary/aromatic N) is 4. The summed E-state index contributed by atoms with van der Waals surface area (Å²) in [5, 5.41) is 0. The number of hydrogen-bond acceptors (Lipinski definition) is 3. The summed E-state index contributed by atoms with van der Waals surface area (Å²) in [6.45, 7) is 10.6. The van der Waals surface area contributed by atoms with Crippen LogP contribution in [-0.2, 0) is 17.9 Å². The van der Waals surface area contributed by atoms with Gasteiger partial charge in [-0.15, -0.1) is 0 Å². The van der Waals surface area contributed by atoms with Crippen molar-refractivity contribution in [3.8, 4) is 0 Å². The van der Waals surface area contributed by atoms with E-state index in [9.17, 15) is 4.79 Å². The maximum atomic E-state index is 12.1. The van der Waals surface area contributed by atoms with Crippen molar-refractivity contribution in [2.24, 2.45) is 11.8 Å². The Balaban J connectivity index is 1.95. The molecular formula is C21H30N4O. The van der Waals surface area contributed by atoms with Crippen molar-refractivity contribution in [1.29, 1.82) is 0 Å². The maximum Gasteiger partial charge on any atom is 0.178 e. The van der Waals surface area contributed by atoms with Crippen LogP contribution >= 0.6 is 0 Å². The summed E-state index contributed by atoms with van der Waals surface area (Å²) in [4.78, 5) is 20.8. The Bertz CT molecular complexity index is 687. The molecule has 2 aromatic rings. The summed E-state index contributed by atoms with van der Waals surface area (Å²) >= 11 is 0. The monoisotopic (exact) mass is 354 g/mol. The van der Waals surface area contributed by atoms with Gasteiger partial charge in [-0.1, -0.05) is 27.7 Å². The van der Waals surface area contributed by atoms with Gasteiger partial charge in [-0.2, -0.15) is 0 Å². The van der Waals surface area contributed by atoms with E-state index in [1.165, 1.54) is 0 Å². The number of carbonyl (C=O) groups is 1. The van der Waals surface area contributed by atoms with E-state index < -0.39 is 0 Å². The van der Waals surface area contributed by atoms with Crippen LogP contribution in [0.2, 0.25) is 0 Å². The van der Waals surface area contributed by atoms with Gasteiger partial charge in [0.15, 0.2) is 5.78 Å². The van der Waals surface area contributed by atoms with Crippen LogP contribution < -0.4 is 0 Å². The number of rotatable bonds is 10. The molecule has 0 unspecified atom stereocenters. The normalized spacial score (nSPS) is 12.2. The molecule has 0 N–H and O–H groups in total. The van der Waals surface area contributed by atoms with Gasteiger partial charge >= 0.3 is 0 Å². The highest BCUT2D eigenvalue weighted by atomic mass is 16.1. The molecule has 0 aliphatic heterocycles. The molecule has 0 aromatic carbocycles. The van der Waals surface area contributed by atoms with Gasteiger partial charge < -0.3 is 9.13 Å². The van der Waals surface area contributed by atoms with Crippen molar-refractivity contribution < 1.29 is 4.79 Å². The first-order chi connectivity index (χ1) is 12.5. The number of allylic oxidation sites excluding steroid dienone is 2. The molecule has 26 heavy (non-hydrogen) atoms. The van der Waals surface area contributed by atoms with E-state index in [-0.39, 0.29) is 5.78 Å². The van der Waals surface area contributed by atoms with Crippen LogP contribution in [0, 0.1) is 11.8 Å². The first-order valence-electron chi connectivity index (χ1n) is 9.38. The molecule has 0 aliphatic carbocycles. The SMILES string of the molecule is CC(C)CCn1ccnc1/C=C/C(=O)/C=C/c1nccn1CCC(C)C. The summed E-state index contributed by atoms with van der Waals surface area (Å²) in [5.41, 5.74) is 0. The van der Waals surface area contributed by atoms with E-state index in [0.29, 0.717) is 11.8 Å². The van der Waals surface area contributed by atoms with Crippen LogP contribution in [0.5, 0.6) is 0 Å². The Morgan fingerprint density at radius 3 is 1.69 bits per heavy atom. The van der Waals surface area contributed by atoms with E-state index in [1.54, 1.807) is 36.7 Å². The van der Waals surface area contributed by atoms with Crippen LogP contribution in [0.4, 0.5) is 0 Å². The second-order valence-electron chi connectivity index (χ2n) is 7.39. The van der Waals surface area contributed by atoms with E-state index >= 15 is 0 Å². The molecule has 2 rings (SSSR count). The number of aromatic nitrogens is 4. The highest BCUT2D eigenvalue weighted by Crippen LogP contribution is 2.08. The Kier molecular flexibility index (Phi) is 7.57. The van der Waals surface area contributed by atoms with Gasteiger partial charge in [0.25, 0.3) is 0 Å². The summed E-state index contributed by atoms with van der Waals surface area (Å²) in [5.74, 6) is 2.83. The van der Waals surface area contributed by atoms with Gasteiger partial charge in [-0.05, 0) is 49.0 Å². The van der Waals surface area contributed by atoms with Crippen molar-refractivity contribution >= 4 is 17.9 Å². The molecule has 0 atom stereocenters. The molecular weight excluding hydrogens is 324 g/mol. The van der Waals surface area contributed by atoms with Gasteiger partial charge in [0.1, 0.15) is 11.6 Å². The zero-order valence-electron chi connectivity index (χ0n) is 16.3. The van der Waals surface area contributed by atoms with Crippen LogP contribution in [0.25, 0.3) is 12.2 Å². The van der Waals surface area contributed by atoms with Gasteiger partial charge in [0.05, 0.1) is 0 Å². The molecule has 0 fully saturated rings. The van der Waals surface area contributed by atoms with Crippen LogP contribution in [0.3, 0.4) is 0 Å². The zero-order chi connectivity index (χ0) is 18.9. The van der Waals surface area contributed by atoms with Crippen LogP contribution in [0.1, 0.15) is 52.2 Å². The lowest BCUT2D eigenvalue weighted by Crippen LogP contribution is -2.03. The Hall–Kier alpha value is -2.43. The van der Waals surface area contributed by atoms with Crippen LogP contribution in [-0.4, -0.2) is 24.9 Å². The van der Waals surface area contributed by atoms with Gasteiger partial charge in [0.2, 0.25) is 0 Å². The lowest BCUT2D eigenvalue weighted by molar-refractivity contribution is -0.110. The molecule has 0 saturated heterocycles. The number of carbonyl (C=O) groups excluding carboxylic acids is 1. The Morgan fingerprint density at radius 2 is 1.31 bits per heavy atom. The predicted molar refractivity (Wildman–Crippen MR) is 106 cm³/mol. The number of imidazole rings is 2. The third-order valence-corrected chi connectivity index (χ3v) is 4.18. The largest absolute Gasteiger partial charge is 0.331 e. The fourth-order valence-corrected chi connectivity index (χ4v) is 2.50.